The van der Waals surface area contributed by atoms with Crippen LogP contribution in [0.4, 0.5) is 8.78 Å². The maximum atomic E-state index is 13.2. The molecule has 15 heavy (non-hydrogen) atoms. The van der Waals surface area contributed by atoms with E-state index in [9.17, 15) is 8.78 Å². The van der Waals surface area contributed by atoms with E-state index in [1.54, 1.807) is 0 Å². The lowest BCUT2D eigenvalue weighted by molar-refractivity contribution is 0.00377. The standard InChI is InChI=1S/C11H20F2N2/c1-9-7-11(12,13)8-15(9)10-3-5-14(2)6-4-10/h9-10H,3-8H2,1-2H3/t9-/m0/s1. The molecular formula is C11H20F2N2. The minimum Gasteiger partial charge on any atom is -0.306 e. The van der Waals surface area contributed by atoms with Crippen LogP contribution >= 0.6 is 0 Å². The molecule has 0 aromatic rings. The molecule has 2 heterocycles. The largest absolute Gasteiger partial charge is 0.306 e. The molecular weight excluding hydrogens is 198 g/mol. The number of rotatable bonds is 1. The normalized spacial score (nSPS) is 34.8. The summed E-state index contributed by atoms with van der Waals surface area (Å²) in [7, 11) is 2.10. The summed E-state index contributed by atoms with van der Waals surface area (Å²) in [5.41, 5.74) is 0. The van der Waals surface area contributed by atoms with Crippen molar-refractivity contribution in [3.8, 4) is 0 Å². The number of likely N-dealkylation sites (tertiary alicyclic amines) is 2. The van der Waals surface area contributed by atoms with Crippen LogP contribution in [-0.2, 0) is 0 Å². The zero-order valence-electron chi connectivity index (χ0n) is 9.55. The van der Waals surface area contributed by atoms with Gasteiger partial charge in [-0.3, -0.25) is 4.90 Å². The van der Waals surface area contributed by atoms with Gasteiger partial charge in [0.1, 0.15) is 0 Å². The highest BCUT2D eigenvalue weighted by atomic mass is 19.3. The quantitative estimate of drug-likeness (QED) is 0.662. The van der Waals surface area contributed by atoms with Gasteiger partial charge < -0.3 is 4.90 Å². The van der Waals surface area contributed by atoms with Crippen molar-refractivity contribution in [1.82, 2.24) is 9.80 Å². The summed E-state index contributed by atoms with van der Waals surface area (Å²) in [6, 6.07) is 0.429. The first-order valence-corrected chi connectivity index (χ1v) is 5.80. The zero-order valence-corrected chi connectivity index (χ0v) is 9.55. The van der Waals surface area contributed by atoms with E-state index >= 15 is 0 Å². The monoisotopic (exact) mass is 218 g/mol. The van der Waals surface area contributed by atoms with Crippen molar-refractivity contribution in [2.24, 2.45) is 0 Å². The summed E-state index contributed by atoms with van der Waals surface area (Å²) in [6.07, 6.45) is 2.12. The van der Waals surface area contributed by atoms with Crippen molar-refractivity contribution in [2.45, 2.75) is 44.2 Å². The highest BCUT2D eigenvalue weighted by Crippen LogP contribution is 2.35. The van der Waals surface area contributed by atoms with Crippen LogP contribution in [0.25, 0.3) is 0 Å². The molecule has 0 radical (unpaired) electrons. The van der Waals surface area contributed by atoms with Crippen molar-refractivity contribution in [1.29, 1.82) is 0 Å². The number of nitrogens with zero attached hydrogens (tertiary/aromatic N) is 2. The Labute approximate surface area is 90.2 Å². The number of hydrogen-bond donors (Lipinski definition) is 0. The summed E-state index contributed by atoms with van der Waals surface area (Å²) in [5.74, 6) is -2.46. The molecule has 0 saturated carbocycles. The second-order valence-electron chi connectivity index (χ2n) is 5.12. The zero-order chi connectivity index (χ0) is 11.1. The first-order chi connectivity index (χ1) is 6.98. The molecule has 4 heteroatoms. The summed E-state index contributed by atoms with van der Waals surface area (Å²) >= 11 is 0. The van der Waals surface area contributed by atoms with Gasteiger partial charge in [-0.05, 0) is 39.9 Å². The number of hydrogen-bond acceptors (Lipinski definition) is 2. The van der Waals surface area contributed by atoms with Gasteiger partial charge in [0.15, 0.2) is 0 Å². The minimum absolute atomic E-state index is 0.0253. The van der Waals surface area contributed by atoms with Crippen LogP contribution in [-0.4, -0.2) is 54.5 Å². The fourth-order valence-corrected chi connectivity index (χ4v) is 2.85. The van der Waals surface area contributed by atoms with E-state index in [2.05, 4.69) is 11.9 Å². The van der Waals surface area contributed by atoms with Crippen LogP contribution in [0.3, 0.4) is 0 Å². The highest BCUT2D eigenvalue weighted by molar-refractivity contribution is 4.93. The third-order valence-corrected chi connectivity index (χ3v) is 3.73. The third-order valence-electron chi connectivity index (χ3n) is 3.73. The SMILES string of the molecule is C[C@H]1CC(F)(F)CN1C1CCN(C)CC1. The Kier molecular flexibility index (Phi) is 2.99. The molecule has 2 rings (SSSR count). The molecule has 0 N–H and O–H groups in total. The van der Waals surface area contributed by atoms with Gasteiger partial charge in [0.2, 0.25) is 0 Å². The second-order valence-corrected chi connectivity index (χ2v) is 5.12. The predicted octanol–water partition coefficient (Wildman–Crippen LogP) is 1.81. The van der Waals surface area contributed by atoms with Gasteiger partial charge in [-0.1, -0.05) is 0 Å². The molecule has 0 amide bonds. The van der Waals surface area contributed by atoms with Crippen molar-refractivity contribution in [2.75, 3.05) is 26.7 Å². The molecule has 2 nitrogen and oxygen atoms in total. The maximum absolute atomic E-state index is 13.2. The lowest BCUT2D eigenvalue weighted by atomic mass is 10.0. The van der Waals surface area contributed by atoms with Gasteiger partial charge in [-0.25, -0.2) is 8.78 Å². The van der Waals surface area contributed by atoms with Gasteiger partial charge in [0.25, 0.3) is 5.92 Å². The summed E-state index contributed by atoms with van der Waals surface area (Å²) in [5, 5.41) is 0. The molecule has 2 aliphatic heterocycles. The molecule has 2 aliphatic rings. The Morgan fingerprint density at radius 1 is 1.20 bits per heavy atom. The lowest BCUT2D eigenvalue weighted by Crippen LogP contribution is -2.45. The van der Waals surface area contributed by atoms with Crippen LogP contribution < -0.4 is 0 Å². The smallest absolute Gasteiger partial charge is 0.262 e. The van der Waals surface area contributed by atoms with E-state index in [4.69, 9.17) is 0 Å². The first kappa shape index (κ1) is 11.3. The van der Waals surface area contributed by atoms with E-state index in [1.165, 1.54) is 0 Å². The summed E-state index contributed by atoms with van der Waals surface area (Å²) in [6.45, 7) is 3.99. The Balaban J connectivity index is 1.94. The Morgan fingerprint density at radius 2 is 1.80 bits per heavy atom. The molecule has 0 spiro atoms. The Hall–Kier alpha value is -0.220. The third kappa shape index (κ3) is 2.48. The van der Waals surface area contributed by atoms with Crippen LogP contribution in [0.5, 0.6) is 0 Å². The van der Waals surface area contributed by atoms with E-state index in [1.807, 2.05) is 11.8 Å². The highest BCUT2D eigenvalue weighted by Gasteiger charge is 2.45. The van der Waals surface area contributed by atoms with Crippen LogP contribution in [0.15, 0.2) is 0 Å². The molecule has 0 aromatic heterocycles. The molecule has 1 atom stereocenters. The number of halogens is 2. The second kappa shape index (κ2) is 3.98. The fraction of sp³-hybridized carbons (Fsp3) is 1.00. The molecule has 0 aromatic carbocycles. The average molecular weight is 218 g/mol. The number of piperidine rings is 1. The molecule has 88 valence electrons. The van der Waals surface area contributed by atoms with Gasteiger partial charge in [-0.15, -0.1) is 0 Å². The van der Waals surface area contributed by atoms with Crippen LogP contribution in [0.1, 0.15) is 26.2 Å². The Morgan fingerprint density at radius 3 is 2.27 bits per heavy atom. The lowest BCUT2D eigenvalue weighted by Gasteiger charge is -2.37. The molecule has 0 aliphatic carbocycles. The topological polar surface area (TPSA) is 6.48 Å². The van der Waals surface area contributed by atoms with Gasteiger partial charge in [0.05, 0.1) is 6.54 Å². The summed E-state index contributed by atoms with van der Waals surface area (Å²) < 4.78 is 26.4. The predicted molar refractivity (Wildman–Crippen MR) is 56.3 cm³/mol. The Bertz CT molecular complexity index is 225. The van der Waals surface area contributed by atoms with Crippen LogP contribution in [0, 0.1) is 0 Å². The van der Waals surface area contributed by atoms with Crippen molar-refractivity contribution >= 4 is 0 Å². The van der Waals surface area contributed by atoms with Gasteiger partial charge in [-0.2, -0.15) is 0 Å². The van der Waals surface area contributed by atoms with Crippen molar-refractivity contribution in [3.63, 3.8) is 0 Å². The first-order valence-electron chi connectivity index (χ1n) is 5.80. The maximum Gasteiger partial charge on any atom is 0.262 e. The minimum atomic E-state index is -2.46. The molecule has 0 bridgehead atoms. The molecule has 0 unspecified atom stereocenters. The van der Waals surface area contributed by atoms with E-state index in [0.717, 1.165) is 25.9 Å². The van der Waals surface area contributed by atoms with Crippen LogP contribution in [0.2, 0.25) is 0 Å². The van der Waals surface area contributed by atoms with Gasteiger partial charge in [0, 0.05) is 18.5 Å². The van der Waals surface area contributed by atoms with E-state index < -0.39 is 5.92 Å². The van der Waals surface area contributed by atoms with E-state index in [0.29, 0.717) is 6.04 Å². The number of alkyl halides is 2. The average Bonchev–Trinajstić information content (AvgIpc) is 2.41. The van der Waals surface area contributed by atoms with Gasteiger partial charge >= 0.3 is 0 Å². The molecule has 2 fully saturated rings. The van der Waals surface area contributed by atoms with Crippen molar-refractivity contribution < 1.29 is 8.78 Å². The summed E-state index contributed by atoms with van der Waals surface area (Å²) in [4.78, 5) is 4.29. The fourth-order valence-electron chi connectivity index (χ4n) is 2.85. The molecule has 2 saturated heterocycles. The van der Waals surface area contributed by atoms with E-state index in [-0.39, 0.29) is 19.0 Å². The van der Waals surface area contributed by atoms with Crippen molar-refractivity contribution in [3.05, 3.63) is 0 Å².